The molecule has 1 aromatic rings. The summed E-state index contributed by atoms with van der Waals surface area (Å²) in [6.07, 6.45) is 2.28. The van der Waals surface area contributed by atoms with Crippen LogP contribution < -0.4 is 0 Å². The van der Waals surface area contributed by atoms with Crippen LogP contribution in [0.2, 0.25) is 0 Å². The Hall–Kier alpha value is -2.41. The molecule has 3 rings (SSSR count). The van der Waals surface area contributed by atoms with Gasteiger partial charge in [-0.25, -0.2) is 0 Å². The van der Waals surface area contributed by atoms with E-state index in [-0.39, 0.29) is 17.7 Å². The average molecular weight is 374 g/mol. The van der Waals surface area contributed by atoms with E-state index in [1.807, 2.05) is 21.9 Å². The van der Waals surface area contributed by atoms with Gasteiger partial charge < -0.3 is 15.1 Å². The second-order valence-electron chi connectivity index (χ2n) is 7.86. The Morgan fingerprint density at radius 3 is 2.19 bits per heavy atom. The van der Waals surface area contributed by atoms with Crippen molar-refractivity contribution >= 4 is 17.8 Å². The van der Waals surface area contributed by atoms with E-state index in [0.29, 0.717) is 32.6 Å². The van der Waals surface area contributed by atoms with Crippen LogP contribution in [0, 0.1) is 5.41 Å². The molecule has 0 unspecified atom stereocenters. The Morgan fingerprint density at radius 2 is 1.67 bits per heavy atom. The smallest absolute Gasteiger partial charge is 0.320 e. The van der Waals surface area contributed by atoms with Gasteiger partial charge in [-0.15, -0.1) is 0 Å². The van der Waals surface area contributed by atoms with Crippen molar-refractivity contribution in [1.29, 1.82) is 0 Å². The van der Waals surface area contributed by atoms with E-state index in [9.17, 15) is 19.5 Å². The summed E-state index contributed by atoms with van der Waals surface area (Å²) in [5.41, 5.74) is 1.67. The monoisotopic (exact) mass is 374 g/mol. The Balaban J connectivity index is 1.68. The molecule has 1 amide bonds. The Morgan fingerprint density at radius 1 is 1.07 bits per heavy atom. The molecule has 2 aliphatic heterocycles. The molecule has 2 N–H and O–H groups in total. The maximum atomic E-state index is 11.8. The van der Waals surface area contributed by atoms with E-state index in [1.54, 1.807) is 19.1 Å². The lowest BCUT2D eigenvalue weighted by Crippen LogP contribution is -2.43. The summed E-state index contributed by atoms with van der Waals surface area (Å²) in [4.78, 5) is 38.0. The van der Waals surface area contributed by atoms with Gasteiger partial charge >= 0.3 is 11.9 Å². The lowest BCUT2D eigenvalue weighted by Gasteiger charge is -2.39. The van der Waals surface area contributed by atoms with Crippen LogP contribution in [0.1, 0.15) is 37.3 Å². The van der Waals surface area contributed by atoms with Crippen LogP contribution in [0.4, 0.5) is 0 Å². The van der Waals surface area contributed by atoms with Crippen LogP contribution in [-0.2, 0) is 27.3 Å². The zero-order valence-corrected chi connectivity index (χ0v) is 15.6. The zero-order chi connectivity index (χ0) is 19.6. The molecule has 146 valence electrons. The summed E-state index contributed by atoms with van der Waals surface area (Å²) >= 11 is 0. The lowest BCUT2D eigenvalue weighted by molar-refractivity contribution is -0.142. The number of hydrogen-bond acceptors (Lipinski definition) is 4. The quantitative estimate of drug-likeness (QED) is 0.812. The first-order chi connectivity index (χ1) is 12.8. The van der Waals surface area contributed by atoms with E-state index >= 15 is 0 Å². The van der Waals surface area contributed by atoms with Crippen LogP contribution in [0.5, 0.6) is 0 Å². The Labute approximate surface area is 158 Å². The van der Waals surface area contributed by atoms with Gasteiger partial charge in [0.15, 0.2) is 0 Å². The predicted molar refractivity (Wildman–Crippen MR) is 98.2 cm³/mol. The summed E-state index contributed by atoms with van der Waals surface area (Å²) in [7, 11) is 0. The molecular formula is C20H26N2O5. The molecule has 1 atom stereocenters. The molecular weight excluding hydrogens is 348 g/mol. The Bertz CT molecular complexity index is 722. The molecule has 7 heteroatoms. The highest BCUT2D eigenvalue weighted by Crippen LogP contribution is 2.44. The zero-order valence-electron chi connectivity index (χ0n) is 15.6. The van der Waals surface area contributed by atoms with Crippen molar-refractivity contribution in [3.8, 4) is 0 Å². The highest BCUT2D eigenvalue weighted by Gasteiger charge is 2.48. The Kier molecular flexibility index (Phi) is 5.51. The number of benzene rings is 1. The van der Waals surface area contributed by atoms with E-state index in [4.69, 9.17) is 5.11 Å². The molecule has 0 aromatic heterocycles. The minimum Gasteiger partial charge on any atom is -0.481 e. The molecule has 0 aliphatic carbocycles. The van der Waals surface area contributed by atoms with Gasteiger partial charge in [0, 0.05) is 33.1 Å². The van der Waals surface area contributed by atoms with Crippen molar-refractivity contribution in [2.75, 3.05) is 19.6 Å². The first-order valence-corrected chi connectivity index (χ1v) is 9.30. The lowest BCUT2D eigenvalue weighted by atomic mass is 9.76. The molecule has 1 aromatic carbocycles. The second-order valence-corrected chi connectivity index (χ2v) is 7.86. The minimum absolute atomic E-state index is 0.0164. The summed E-state index contributed by atoms with van der Waals surface area (Å²) in [5, 5.41) is 18.5. The molecule has 27 heavy (non-hydrogen) atoms. The summed E-state index contributed by atoms with van der Waals surface area (Å²) in [6.45, 7) is 4.21. The van der Waals surface area contributed by atoms with Gasteiger partial charge in [0.1, 0.15) is 6.04 Å². The fourth-order valence-electron chi connectivity index (χ4n) is 4.38. The highest BCUT2D eigenvalue weighted by atomic mass is 16.4. The highest BCUT2D eigenvalue weighted by molar-refractivity contribution is 5.74. The molecule has 0 radical (unpaired) electrons. The number of rotatable bonds is 5. The van der Waals surface area contributed by atoms with Gasteiger partial charge in [0.2, 0.25) is 5.91 Å². The van der Waals surface area contributed by atoms with Crippen molar-refractivity contribution in [2.24, 2.45) is 5.41 Å². The molecule has 2 saturated heterocycles. The number of piperidine rings is 1. The molecule has 7 nitrogen and oxygen atoms in total. The predicted octanol–water partition coefficient (Wildman–Crippen LogP) is 1.60. The molecule has 2 fully saturated rings. The number of nitrogens with zero attached hydrogens (tertiary/aromatic N) is 2. The van der Waals surface area contributed by atoms with Gasteiger partial charge in [0.25, 0.3) is 0 Å². The third-order valence-corrected chi connectivity index (χ3v) is 5.92. The number of aliphatic carboxylic acids is 2. The van der Waals surface area contributed by atoms with Gasteiger partial charge in [-0.05, 0) is 35.8 Å². The number of amides is 1. The second kappa shape index (κ2) is 7.68. The molecule has 1 spiro atoms. The molecule has 0 saturated carbocycles. The van der Waals surface area contributed by atoms with E-state index in [0.717, 1.165) is 24.0 Å². The van der Waals surface area contributed by atoms with Crippen LogP contribution in [0.15, 0.2) is 24.3 Å². The maximum Gasteiger partial charge on any atom is 0.320 e. The largest absolute Gasteiger partial charge is 0.481 e. The van der Waals surface area contributed by atoms with Crippen molar-refractivity contribution in [1.82, 2.24) is 9.80 Å². The summed E-state index contributed by atoms with van der Waals surface area (Å²) in [5.74, 6) is -1.59. The van der Waals surface area contributed by atoms with Crippen LogP contribution >= 0.6 is 0 Å². The standard InChI is InChI=1S/C20H26N2O5/c1-14(23)21-8-6-20(7-9-21)11-17(19(26)27)22(13-20)12-16-4-2-15(3-5-16)10-18(24)25/h2-5,17H,6-13H2,1H3,(H,24,25)(H,26,27)/t17-/m0/s1. The van der Waals surface area contributed by atoms with E-state index in [2.05, 4.69) is 0 Å². The van der Waals surface area contributed by atoms with Crippen LogP contribution in [0.3, 0.4) is 0 Å². The van der Waals surface area contributed by atoms with Crippen LogP contribution in [0.25, 0.3) is 0 Å². The van der Waals surface area contributed by atoms with Crippen molar-refractivity contribution in [3.05, 3.63) is 35.4 Å². The fraction of sp³-hybridized carbons (Fsp3) is 0.550. The fourth-order valence-corrected chi connectivity index (χ4v) is 4.38. The number of carbonyl (C=O) groups excluding carboxylic acids is 1. The average Bonchev–Trinajstić information content (AvgIpc) is 2.95. The van der Waals surface area contributed by atoms with Crippen LogP contribution in [-0.4, -0.2) is 63.5 Å². The topological polar surface area (TPSA) is 98.2 Å². The number of likely N-dealkylation sites (tertiary alicyclic amines) is 2. The molecule has 0 bridgehead atoms. The third-order valence-electron chi connectivity index (χ3n) is 5.92. The van der Waals surface area contributed by atoms with Gasteiger partial charge in [-0.2, -0.15) is 0 Å². The van der Waals surface area contributed by atoms with Crippen molar-refractivity contribution < 1.29 is 24.6 Å². The summed E-state index contributed by atoms with van der Waals surface area (Å²) in [6, 6.07) is 6.81. The third kappa shape index (κ3) is 4.47. The maximum absolute atomic E-state index is 11.8. The van der Waals surface area contributed by atoms with E-state index < -0.39 is 18.0 Å². The first-order valence-electron chi connectivity index (χ1n) is 9.30. The SMILES string of the molecule is CC(=O)N1CCC2(CC1)C[C@@H](C(=O)O)N(Cc1ccc(CC(=O)O)cc1)C2. The first kappa shape index (κ1) is 19.4. The van der Waals surface area contributed by atoms with Gasteiger partial charge in [-0.1, -0.05) is 24.3 Å². The number of carboxylic acid groups (broad SMARTS) is 2. The molecule has 2 heterocycles. The van der Waals surface area contributed by atoms with Crippen molar-refractivity contribution in [2.45, 2.75) is 45.2 Å². The minimum atomic E-state index is -0.868. The van der Waals surface area contributed by atoms with Gasteiger partial charge in [-0.3, -0.25) is 19.3 Å². The number of carboxylic acids is 2. The normalized spacial score (nSPS) is 22.1. The number of carbonyl (C=O) groups is 3. The van der Waals surface area contributed by atoms with Crippen molar-refractivity contribution in [3.63, 3.8) is 0 Å². The number of hydrogen-bond donors (Lipinski definition) is 2. The summed E-state index contributed by atoms with van der Waals surface area (Å²) < 4.78 is 0. The van der Waals surface area contributed by atoms with E-state index in [1.165, 1.54) is 0 Å². The van der Waals surface area contributed by atoms with Gasteiger partial charge in [0.05, 0.1) is 6.42 Å². The molecule has 2 aliphatic rings.